The third kappa shape index (κ3) is 4.08. The molecule has 2 rings (SSSR count). The summed E-state index contributed by atoms with van der Waals surface area (Å²) in [5.74, 6) is 2.55. The van der Waals surface area contributed by atoms with E-state index < -0.39 is 0 Å². The minimum Gasteiger partial charge on any atom is -0.312 e. The van der Waals surface area contributed by atoms with Crippen LogP contribution in [0, 0.1) is 11.8 Å². The van der Waals surface area contributed by atoms with E-state index in [-0.39, 0.29) is 0 Å². The zero-order valence-electron chi connectivity index (χ0n) is 10.9. The molecule has 1 aromatic rings. The molecule has 0 aliphatic heterocycles. The molecule has 0 aromatic carbocycles. The van der Waals surface area contributed by atoms with Crippen LogP contribution >= 0.6 is 0 Å². The van der Waals surface area contributed by atoms with Crippen LogP contribution in [0.2, 0.25) is 0 Å². The molecule has 1 aliphatic carbocycles. The van der Waals surface area contributed by atoms with Crippen LogP contribution in [-0.4, -0.2) is 16.5 Å². The van der Waals surface area contributed by atoms with Crippen LogP contribution in [0.15, 0.2) is 12.4 Å². The second-order valence-corrected chi connectivity index (χ2v) is 5.53. The van der Waals surface area contributed by atoms with E-state index in [1.54, 1.807) is 0 Å². The molecule has 3 heteroatoms. The SMILES string of the molecule is CC(C)CNCc1cnc(CC2CCC2)nc1. The molecule has 0 bridgehead atoms. The van der Waals surface area contributed by atoms with Crippen LogP contribution in [0.25, 0.3) is 0 Å². The third-order valence-corrected chi connectivity index (χ3v) is 3.34. The molecule has 0 unspecified atom stereocenters. The van der Waals surface area contributed by atoms with Gasteiger partial charge in [-0.05, 0) is 18.4 Å². The van der Waals surface area contributed by atoms with E-state index in [9.17, 15) is 0 Å². The van der Waals surface area contributed by atoms with Crippen molar-refractivity contribution in [2.45, 2.75) is 46.1 Å². The van der Waals surface area contributed by atoms with Gasteiger partial charge in [0.2, 0.25) is 0 Å². The van der Waals surface area contributed by atoms with Crippen LogP contribution in [0.1, 0.15) is 44.5 Å². The number of nitrogens with zero attached hydrogens (tertiary/aromatic N) is 2. The summed E-state index contributed by atoms with van der Waals surface area (Å²) >= 11 is 0. The molecule has 17 heavy (non-hydrogen) atoms. The van der Waals surface area contributed by atoms with E-state index in [4.69, 9.17) is 0 Å². The smallest absolute Gasteiger partial charge is 0.128 e. The molecule has 0 atom stereocenters. The summed E-state index contributed by atoms with van der Waals surface area (Å²) in [6.07, 6.45) is 9.12. The van der Waals surface area contributed by atoms with Crippen molar-refractivity contribution >= 4 is 0 Å². The number of hydrogen-bond donors (Lipinski definition) is 1. The van der Waals surface area contributed by atoms with Gasteiger partial charge in [-0.2, -0.15) is 0 Å². The molecule has 0 radical (unpaired) electrons. The van der Waals surface area contributed by atoms with Gasteiger partial charge in [-0.3, -0.25) is 0 Å². The molecule has 1 aliphatic rings. The normalized spacial score (nSPS) is 16.2. The van der Waals surface area contributed by atoms with Crippen LogP contribution < -0.4 is 5.32 Å². The quantitative estimate of drug-likeness (QED) is 0.820. The first-order valence-corrected chi connectivity index (χ1v) is 6.74. The predicted octanol–water partition coefficient (Wildman–Crippen LogP) is 2.56. The predicted molar refractivity (Wildman–Crippen MR) is 69.6 cm³/mol. The van der Waals surface area contributed by atoms with Crippen LogP contribution in [0.4, 0.5) is 0 Å². The fourth-order valence-electron chi connectivity index (χ4n) is 2.04. The molecule has 1 heterocycles. The van der Waals surface area contributed by atoms with Crippen molar-refractivity contribution in [3.8, 4) is 0 Å². The number of nitrogens with one attached hydrogen (secondary N) is 1. The molecular weight excluding hydrogens is 210 g/mol. The Hall–Kier alpha value is -0.960. The first kappa shape index (κ1) is 12.5. The summed E-state index contributed by atoms with van der Waals surface area (Å²) in [6, 6.07) is 0. The highest BCUT2D eigenvalue weighted by Crippen LogP contribution is 2.28. The van der Waals surface area contributed by atoms with E-state index in [1.165, 1.54) is 24.8 Å². The van der Waals surface area contributed by atoms with Crippen molar-refractivity contribution in [1.82, 2.24) is 15.3 Å². The standard InChI is InChI=1S/C14H23N3/c1-11(2)7-15-8-13-9-16-14(17-10-13)6-12-4-3-5-12/h9-12,15H,3-8H2,1-2H3. The zero-order valence-corrected chi connectivity index (χ0v) is 10.9. The van der Waals surface area contributed by atoms with Gasteiger partial charge >= 0.3 is 0 Å². The minimum absolute atomic E-state index is 0.689. The highest BCUT2D eigenvalue weighted by Gasteiger charge is 2.18. The van der Waals surface area contributed by atoms with Gasteiger partial charge in [-0.15, -0.1) is 0 Å². The molecule has 3 nitrogen and oxygen atoms in total. The van der Waals surface area contributed by atoms with Gasteiger partial charge in [0.1, 0.15) is 5.82 Å². The summed E-state index contributed by atoms with van der Waals surface area (Å²) < 4.78 is 0. The molecule has 94 valence electrons. The number of hydrogen-bond acceptors (Lipinski definition) is 3. The van der Waals surface area contributed by atoms with Crippen LogP contribution in [-0.2, 0) is 13.0 Å². The van der Waals surface area contributed by atoms with Crippen molar-refractivity contribution in [1.29, 1.82) is 0 Å². The maximum absolute atomic E-state index is 4.45. The lowest BCUT2D eigenvalue weighted by Gasteiger charge is -2.24. The molecule has 1 saturated carbocycles. The molecule has 0 spiro atoms. The van der Waals surface area contributed by atoms with Crippen molar-refractivity contribution in [3.63, 3.8) is 0 Å². The van der Waals surface area contributed by atoms with E-state index in [2.05, 4.69) is 29.1 Å². The summed E-state index contributed by atoms with van der Waals surface area (Å²) in [4.78, 5) is 8.89. The fourth-order valence-corrected chi connectivity index (χ4v) is 2.04. The largest absolute Gasteiger partial charge is 0.312 e. The molecule has 1 fully saturated rings. The summed E-state index contributed by atoms with van der Waals surface area (Å²) in [6.45, 7) is 6.35. The van der Waals surface area contributed by atoms with Gasteiger partial charge in [0.15, 0.2) is 0 Å². The first-order chi connectivity index (χ1) is 8.24. The van der Waals surface area contributed by atoms with Crippen molar-refractivity contribution in [2.75, 3.05) is 6.54 Å². The average Bonchev–Trinajstić information content (AvgIpc) is 2.25. The van der Waals surface area contributed by atoms with Crippen molar-refractivity contribution in [3.05, 3.63) is 23.8 Å². The Morgan fingerprint density at radius 2 is 2.00 bits per heavy atom. The summed E-state index contributed by atoms with van der Waals surface area (Å²) in [5, 5.41) is 3.40. The fraction of sp³-hybridized carbons (Fsp3) is 0.714. The monoisotopic (exact) mass is 233 g/mol. The van der Waals surface area contributed by atoms with Gasteiger partial charge in [0.25, 0.3) is 0 Å². The number of aromatic nitrogens is 2. The van der Waals surface area contributed by atoms with E-state index in [0.29, 0.717) is 5.92 Å². The Kier molecular flexibility index (Phi) is 4.49. The van der Waals surface area contributed by atoms with Gasteiger partial charge in [0.05, 0.1) is 0 Å². The van der Waals surface area contributed by atoms with E-state index in [0.717, 1.165) is 31.3 Å². The summed E-state index contributed by atoms with van der Waals surface area (Å²) in [5.41, 5.74) is 1.18. The van der Waals surface area contributed by atoms with Gasteiger partial charge in [-0.25, -0.2) is 9.97 Å². The maximum Gasteiger partial charge on any atom is 0.128 e. The van der Waals surface area contributed by atoms with E-state index >= 15 is 0 Å². The Bertz CT molecular complexity index is 328. The Morgan fingerprint density at radius 1 is 1.29 bits per heavy atom. The Balaban J connectivity index is 1.76. The molecule has 1 N–H and O–H groups in total. The Labute approximate surface area is 104 Å². The lowest BCUT2D eigenvalue weighted by molar-refractivity contribution is 0.309. The van der Waals surface area contributed by atoms with Crippen molar-refractivity contribution < 1.29 is 0 Å². The van der Waals surface area contributed by atoms with Gasteiger partial charge in [-0.1, -0.05) is 33.1 Å². The second kappa shape index (κ2) is 6.10. The summed E-state index contributed by atoms with van der Waals surface area (Å²) in [7, 11) is 0. The molecule has 0 saturated heterocycles. The van der Waals surface area contributed by atoms with E-state index in [1.807, 2.05) is 12.4 Å². The van der Waals surface area contributed by atoms with Crippen molar-refractivity contribution in [2.24, 2.45) is 11.8 Å². The lowest BCUT2D eigenvalue weighted by Crippen LogP contribution is -2.19. The highest BCUT2D eigenvalue weighted by atomic mass is 14.9. The van der Waals surface area contributed by atoms with Crippen LogP contribution in [0.5, 0.6) is 0 Å². The van der Waals surface area contributed by atoms with Crippen LogP contribution in [0.3, 0.4) is 0 Å². The Morgan fingerprint density at radius 3 is 2.53 bits per heavy atom. The minimum atomic E-state index is 0.689. The van der Waals surface area contributed by atoms with Gasteiger partial charge < -0.3 is 5.32 Å². The molecular formula is C14H23N3. The molecule has 0 amide bonds. The lowest BCUT2D eigenvalue weighted by atomic mass is 9.83. The highest BCUT2D eigenvalue weighted by molar-refractivity contribution is 5.05. The first-order valence-electron chi connectivity index (χ1n) is 6.74. The van der Waals surface area contributed by atoms with Gasteiger partial charge in [0, 0.05) is 30.9 Å². The average molecular weight is 233 g/mol. The zero-order chi connectivity index (χ0) is 12.1. The number of rotatable bonds is 6. The third-order valence-electron chi connectivity index (χ3n) is 3.34. The molecule has 1 aromatic heterocycles. The second-order valence-electron chi connectivity index (χ2n) is 5.53. The topological polar surface area (TPSA) is 37.8 Å². The maximum atomic E-state index is 4.45.